The average molecular weight is 353 g/mol. The van der Waals surface area contributed by atoms with Gasteiger partial charge in [-0.05, 0) is 57.1 Å². The fraction of sp³-hybridized carbons (Fsp3) is 0.333. The minimum atomic E-state index is -0.523. The summed E-state index contributed by atoms with van der Waals surface area (Å²) < 4.78 is 16.0. The van der Waals surface area contributed by atoms with Gasteiger partial charge in [0.1, 0.15) is 11.5 Å². The molecule has 1 aromatic carbocycles. The van der Waals surface area contributed by atoms with Crippen molar-refractivity contribution in [1.29, 1.82) is 0 Å². The monoisotopic (exact) mass is 353 g/mol. The highest BCUT2D eigenvalue weighted by atomic mass is 19.1. The Kier molecular flexibility index (Phi) is 4.34. The smallest absolute Gasteiger partial charge is 0.153 e. The summed E-state index contributed by atoms with van der Waals surface area (Å²) in [6.07, 6.45) is 3.66. The number of hydrogen-bond donors (Lipinski definition) is 2. The number of aryl methyl sites for hydroxylation is 1. The molecule has 0 amide bonds. The minimum Gasteiger partial charge on any atom is -0.395 e. The lowest BCUT2D eigenvalue weighted by molar-refractivity contribution is 0.448. The Bertz CT molecular complexity index is 973. The molecule has 3 heterocycles. The van der Waals surface area contributed by atoms with Crippen molar-refractivity contribution in [3.05, 3.63) is 42.0 Å². The van der Waals surface area contributed by atoms with Crippen LogP contribution in [0.2, 0.25) is 0 Å². The van der Waals surface area contributed by atoms with Crippen LogP contribution in [-0.4, -0.2) is 33.7 Å². The van der Waals surface area contributed by atoms with Crippen LogP contribution in [0, 0.1) is 12.7 Å². The molecule has 0 radical (unpaired) electrons. The molecule has 0 atom stereocenters. The van der Waals surface area contributed by atoms with E-state index in [2.05, 4.69) is 25.6 Å². The first-order chi connectivity index (χ1) is 12.6. The average Bonchev–Trinajstić information content (AvgIpc) is 3.02. The van der Waals surface area contributed by atoms with E-state index in [-0.39, 0.29) is 11.7 Å². The van der Waals surface area contributed by atoms with Gasteiger partial charge in [0.05, 0.1) is 29.3 Å². The molecule has 0 bridgehead atoms. The Hall–Kier alpha value is -2.87. The van der Waals surface area contributed by atoms with Crippen LogP contribution >= 0.6 is 0 Å². The summed E-state index contributed by atoms with van der Waals surface area (Å²) in [6, 6.07) is 6.89. The number of benzene rings is 1. The van der Waals surface area contributed by atoms with E-state index in [1.807, 2.05) is 19.2 Å². The number of hydrogen-bond acceptors (Lipinski definition) is 6. The quantitative estimate of drug-likeness (QED) is 0.558. The zero-order chi connectivity index (χ0) is 18.1. The van der Waals surface area contributed by atoms with Gasteiger partial charge in [-0.15, -0.1) is 0 Å². The zero-order valence-electron chi connectivity index (χ0n) is 14.5. The Balaban J connectivity index is 1.69. The molecule has 0 aliphatic carbocycles. The number of rotatable bonds is 3. The molecular formula is C18H20FN7. The van der Waals surface area contributed by atoms with Gasteiger partial charge in [0.2, 0.25) is 0 Å². The molecule has 1 fully saturated rings. The number of nitrogens with zero attached hydrogens (tertiary/aromatic N) is 5. The molecule has 4 rings (SSSR count). The molecule has 8 heteroatoms. The van der Waals surface area contributed by atoms with Gasteiger partial charge in [0, 0.05) is 5.56 Å². The SMILES string of the molecule is Cc1cn2nc(-c3cc(F)c(N)c(N=NC4CCNCC4)c3)ccc2n1. The van der Waals surface area contributed by atoms with Crippen molar-refractivity contribution in [3.63, 3.8) is 0 Å². The molecular weight excluding hydrogens is 333 g/mol. The third-order valence-corrected chi connectivity index (χ3v) is 4.48. The maximum Gasteiger partial charge on any atom is 0.153 e. The van der Waals surface area contributed by atoms with Gasteiger partial charge >= 0.3 is 0 Å². The van der Waals surface area contributed by atoms with Gasteiger partial charge in [0.15, 0.2) is 5.65 Å². The maximum absolute atomic E-state index is 14.3. The van der Waals surface area contributed by atoms with Gasteiger partial charge in [-0.2, -0.15) is 15.3 Å². The molecule has 26 heavy (non-hydrogen) atoms. The molecule has 2 aromatic heterocycles. The van der Waals surface area contributed by atoms with Crippen LogP contribution in [0.25, 0.3) is 16.9 Å². The number of imidazole rings is 1. The van der Waals surface area contributed by atoms with Crippen LogP contribution in [0.15, 0.2) is 40.7 Å². The van der Waals surface area contributed by atoms with E-state index in [1.54, 1.807) is 16.6 Å². The zero-order valence-corrected chi connectivity index (χ0v) is 14.5. The summed E-state index contributed by atoms with van der Waals surface area (Å²) in [4.78, 5) is 4.35. The Morgan fingerprint density at radius 3 is 2.88 bits per heavy atom. The number of fused-ring (bicyclic) bond motifs is 1. The lowest BCUT2D eigenvalue weighted by atomic mass is 10.1. The lowest BCUT2D eigenvalue weighted by Gasteiger charge is -2.17. The number of azo groups is 1. The number of anilines is 1. The van der Waals surface area contributed by atoms with Crippen molar-refractivity contribution in [3.8, 4) is 11.3 Å². The summed E-state index contributed by atoms with van der Waals surface area (Å²) in [5.41, 5.74) is 9.04. The van der Waals surface area contributed by atoms with Crippen LogP contribution in [0.3, 0.4) is 0 Å². The highest BCUT2D eigenvalue weighted by Gasteiger charge is 2.14. The predicted molar refractivity (Wildman–Crippen MR) is 97.9 cm³/mol. The molecule has 0 spiro atoms. The van der Waals surface area contributed by atoms with Crippen LogP contribution in [0.1, 0.15) is 18.5 Å². The van der Waals surface area contributed by atoms with Crippen LogP contribution in [0.5, 0.6) is 0 Å². The van der Waals surface area contributed by atoms with Crippen LogP contribution in [0.4, 0.5) is 15.8 Å². The summed E-state index contributed by atoms with van der Waals surface area (Å²) in [5.74, 6) is -0.523. The van der Waals surface area contributed by atoms with E-state index in [0.717, 1.165) is 37.3 Å². The third-order valence-electron chi connectivity index (χ3n) is 4.48. The number of nitrogen functional groups attached to an aromatic ring is 1. The normalized spacial score (nSPS) is 15.9. The van der Waals surface area contributed by atoms with E-state index in [1.165, 1.54) is 6.07 Å². The molecule has 1 aliphatic rings. The van der Waals surface area contributed by atoms with Crippen molar-refractivity contribution < 1.29 is 4.39 Å². The first kappa shape index (κ1) is 16.6. The Morgan fingerprint density at radius 1 is 1.27 bits per heavy atom. The van der Waals surface area contributed by atoms with Crippen LogP contribution in [-0.2, 0) is 0 Å². The Morgan fingerprint density at radius 2 is 2.08 bits per heavy atom. The predicted octanol–water partition coefficient (Wildman–Crippen LogP) is 3.26. The molecule has 1 saturated heterocycles. The number of nitrogens with two attached hydrogens (primary N) is 1. The first-order valence-corrected chi connectivity index (χ1v) is 8.64. The minimum absolute atomic E-state index is 0.00554. The summed E-state index contributed by atoms with van der Waals surface area (Å²) in [7, 11) is 0. The Labute approximate surface area is 150 Å². The van der Waals surface area contributed by atoms with Gasteiger partial charge in [0.25, 0.3) is 0 Å². The van der Waals surface area contributed by atoms with Gasteiger partial charge < -0.3 is 11.1 Å². The molecule has 0 unspecified atom stereocenters. The fourth-order valence-corrected chi connectivity index (χ4v) is 3.05. The molecule has 0 saturated carbocycles. The topological polar surface area (TPSA) is 93.0 Å². The van der Waals surface area contributed by atoms with E-state index in [4.69, 9.17) is 5.73 Å². The summed E-state index contributed by atoms with van der Waals surface area (Å²) in [6.45, 7) is 3.74. The molecule has 7 nitrogen and oxygen atoms in total. The van der Waals surface area contributed by atoms with Crippen molar-refractivity contribution >= 4 is 17.0 Å². The number of piperidine rings is 1. The van der Waals surface area contributed by atoms with Crippen molar-refractivity contribution in [2.24, 2.45) is 10.2 Å². The van der Waals surface area contributed by atoms with Crippen LogP contribution < -0.4 is 11.1 Å². The van der Waals surface area contributed by atoms with Crippen molar-refractivity contribution in [2.75, 3.05) is 18.8 Å². The molecule has 134 valence electrons. The first-order valence-electron chi connectivity index (χ1n) is 8.64. The highest BCUT2D eigenvalue weighted by Crippen LogP contribution is 2.32. The summed E-state index contributed by atoms with van der Waals surface area (Å²) in [5, 5.41) is 16.3. The molecule has 1 aliphatic heterocycles. The second-order valence-electron chi connectivity index (χ2n) is 6.49. The third kappa shape index (κ3) is 3.28. The lowest BCUT2D eigenvalue weighted by Crippen LogP contribution is -2.29. The largest absolute Gasteiger partial charge is 0.395 e. The standard InChI is InChI=1S/C18H20FN7/c1-11-10-26-17(22-11)3-2-15(25-26)12-8-14(19)18(20)16(9-12)24-23-13-4-6-21-7-5-13/h2-3,8-10,13,21H,4-7,20H2,1H3. The second-order valence-corrected chi connectivity index (χ2v) is 6.49. The molecule has 3 N–H and O–H groups in total. The van der Waals surface area contributed by atoms with Gasteiger partial charge in [-0.3, -0.25) is 0 Å². The summed E-state index contributed by atoms with van der Waals surface area (Å²) >= 11 is 0. The van der Waals surface area contributed by atoms with E-state index < -0.39 is 5.82 Å². The second kappa shape index (κ2) is 6.80. The number of aromatic nitrogens is 3. The van der Waals surface area contributed by atoms with Crippen molar-refractivity contribution in [2.45, 2.75) is 25.8 Å². The highest BCUT2D eigenvalue weighted by molar-refractivity contribution is 5.73. The van der Waals surface area contributed by atoms with E-state index in [0.29, 0.717) is 16.9 Å². The number of nitrogens with one attached hydrogen (secondary N) is 1. The fourth-order valence-electron chi connectivity index (χ4n) is 3.05. The molecule has 3 aromatic rings. The van der Waals surface area contributed by atoms with Gasteiger partial charge in [-0.25, -0.2) is 13.9 Å². The van der Waals surface area contributed by atoms with Crippen molar-refractivity contribution in [1.82, 2.24) is 19.9 Å². The maximum atomic E-state index is 14.3. The number of halogens is 1. The van der Waals surface area contributed by atoms with E-state index >= 15 is 0 Å². The van der Waals surface area contributed by atoms with E-state index in [9.17, 15) is 4.39 Å². The van der Waals surface area contributed by atoms with Gasteiger partial charge in [-0.1, -0.05) is 0 Å².